The summed E-state index contributed by atoms with van der Waals surface area (Å²) in [6.45, 7) is -0.248. The number of hydrazone groups is 1. The van der Waals surface area contributed by atoms with E-state index in [1.807, 2.05) is 18.2 Å². The Bertz CT molecular complexity index is 812. The van der Waals surface area contributed by atoms with Gasteiger partial charge in [0.05, 0.1) is 18.3 Å². The number of nitrogens with one attached hydrogen (secondary N) is 2. The van der Waals surface area contributed by atoms with Crippen molar-refractivity contribution in [3.63, 3.8) is 0 Å². The number of anilines is 1. The molecule has 0 aliphatic rings. The molecule has 0 saturated carbocycles. The van der Waals surface area contributed by atoms with Crippen LogP contribution in [0.15, 0.2) is 47.6 Å². The lowest BCUT2D eigenvalue weighted by atomic mass is 10.2. The summed E-state index contributed by atoms with van der Waals surface area (Å²) in [6, 6.07) is 11.3. The number of carbonyl (C=O) groups excluding carboxylic acids is 2. The molecule has 0 bridgehead atoms. The van der Waals surface area contributed by atoms with Gasteiger partial charge in [0.2, 0.25) is 0 Å². The summed E-state index contributed by atoms with van der Waals surface area (Å²) >= 11 is 6.19. The average molecular weight is 377 g/mol. The molecule has 136 valence electrons. The van der Waals surface area contributed by atoms with Gasteiger partial charge in [0.25, 0.3) is 5.91 Å². The second-order valence-corrected chi connectivity index (χ2v) is 5.38. The van der Waals surface area contributed by atoms with Crippen molar-refractivity contribution in [3.05, 3.63) is 53.1 Å². The largest absolute Gasteiger partial charge is 0.493 e. The van der Waals surface area contributed by atoms with Crippen LogP contribution in [0, 0.1) is 0 Å². The number of benzene rings is 2. The van der Waals surface area contributed by atoms with Crippen molar-refractivity contribution >= 4 is 35.4 Å². The van der Waals surface area contributed by atoms with E-state index in [0.717, 1.165) is 0 Å². The van der Waals surface area contributed by atoms with Crippen molar-refractivity contribution in [2.24, 2.45) is 10.8 Å². The zero-order chi connectivity index (χ0) is 18.9. The maximum Gasteiger partial charge on any atom is 0.332 e. The molecule has 2 rings (SSSR count). The Morgan fingerprint density at radius 3 is 2.65 bits per heavy atom. The molecule has 0 unspecified atom stereocenters. The second-order valence-electron chi connectivity index (χ2n) is 4.97. The summed E-state index contributed by atoms with van der Waals surface area (Å²) < 4.78 is 10.7. The van der Waals surface area contributed by atoms with Crippen LogP contribution in [-0.2, 0) is 4.79 Å². The summed E-state index contributed by atoms with van der Waals surface area (Å²) in [5.41, 5.74) is 8.19. The normalized spacial score (nSPS) is 10.4. The third kappa shape index (κ3) is 5.67. The number of ether oxygens (including phenoxy) is 2. The van der Waals surface area contributed by atoms with E-state index in [1.54, 1.807) is 24.3 Å². The zero-order valence-electron chi connectivity index (χ0n) is 13.9. The first-order valence-corrected chi connectivity index (χ1v) is 7.81. The summed E-state index contributed by atoms with van der Waals surface area (Å²) in [5, 5.41) is 6.56. The van der Waals surface area contributed by atoms with E-state index in [9.17, 15) is 9.59 Å². The summed E-state index contributed by atoms with van der Waals surface area (Å²) in [6.07, 6.45) is 1.34. The van der Waals surface area contributed by atoms with E-state index in [2.05, 4.69) is 15.8 Å². The van der Waals surface area contributed by atoms with E-state index in [1.165, 1.54) is 13.3 Å². The molecule has 0 spiro atoms. The molecule has 0 atom stereocenters. The molecule has 26 heavy (non-hydrogen) atoms. The van der Waals surface area contributed by atoms with Gasteiger partial charge in [-0.2, -0.15) is 5.10 Å². The fraction of sp³-hybridized carbons (Fsp3) is 0.118. The van der Waals surface area contributed by atoms with Crippen LogP contribution in [0.5, 0.6) is 11.5 Å². The number of urea groups is 1. The molecule has 2 aromatic rings. The first-order valence-electron chi connectivity index (χ1n) is 7.43. The molecule has 0 aliphatic carbocycles. The van der Waals surface area contributed by atoms with Crippen molar-refractivity contribution in [2.45, 2.75) is 0 Å². The highest BCUT2D eigenvalue weighted by Crippen LogP contribution is 2.36. The van der Waals surface area contributed by atoms with Gasteiger partial charge in [-0.1, -0.05) is 29.8 Å². The fourth-order valence-electron chi connectivity index (χ4n) is 1.98. The van der Waals surface area contributed by atoms with E-state index in [-0.39, 0.29) is 23.3 Å². The molecule has 0 saturated heterocycles. The van der Waals surface area contributed by atoms with Gasteiger partial charge in [-0.05, 0) is 29.8 Å². The number of hydrogen-bond acceptors (Lipinski definition) is 5. The average Bonchev–Trinajstić information content (AvgIpc) is 2.61. The minimum atomic E-state index is -0.788. The van der Waals surface area contributed by atoms with E-state index in [4.69, 9.17) is 26.8 Å². The van der Waals surface area contributed by atoms with Gasteiger partial charge in [0.15, 0.2) is 18.1 Å². The first kappa shape index (κ1) is 19.1. The van der Waals surface area contributed by atoms with E-state index < -0.39 is 6.03 Å². The number of hydrogen-bond donors (Lipinski definition) is 3. The zero-order valence-corrected chi connectivity index (χ0v) is 14.6. The lowest BCUT2D eigenvalue weighted by molar-refractivity contribution is -0.118. The molecule has 0 aliphatic heterocycles. The standard InChI is InChI=1S/C17H17ClN4O4/c1-25-14-8-11(9-20-22-17(19)24)7-13(18)16(14)26-10-15(23)21-12-5-3-2-4-6-12/h2-9H,10H2,1H3,(H,21,23)(H3,19,22,24). The Morgan fingerprint density at radius 1 is 1.27 bits per heavy atom. The Morgan fingerprint density at radius 2 is 2.00 bits per heavy atom. The maximum absolute atomic E-state index is 12.0. The molecule has 3 amide bonds. The van der Waals surface area contributed by atoms with Gasteiger partial charge in [-0.25, -0.2) is 10.2 Å². The molecule has 0 heterocycles. The SMILES string of the molecule is COc1cc(C=NNC(N)=O)cc(Cl)c1OCC(=O)Nc1ccccc1. The van der Waals surface area contributed by atoms with Gasteiger partial charge in [-0.15, -0.1) is 0 Å². The predicted molar refractivity (Wildman–Crippen MR) is 98.9 cm³/mol. The number of amides is 3. The highest BCUT2D eigenvalue weighted by Gasteiger charge is 2.13. The Balaban J connectivity index is 2.05. The fourth-order valence-corrected chi connectivity index (χ4v) is 2.25. The van der Waals surface area contributed by atoms with Crippen LogP contribution in [-0.4, -0.2) is 31.9 Å². The molecule has 0 aromatic heterocycles. The Labute approximate surface area is 154 Å². The minimum Gasteiger partial charge on any atom is -0.493 e. The number of methoxy groups -OCH3 is 1. The topological polar surface area (TPSA) is 115 Å². The van der Waals surface area contributed by atoms with Crippen LogP contribution in [0.4, 0.5) is 10.5 Å². The highest BCUT2D eigenvalue weighted by atomic mass is 35.5. The second kappa shape index (κ2) is 9.28. The van der Waals surface area contributed by atoms with Crippen LogP contribution in [0.25, 0.3) is 0 Å². The minimum absolute atomic E-state index is 0.220. The number of halogens is 1. The first-order chi connectivity index (χ1) is 12.5. The van der Waals surface area contributed by atoms with Gasteiger partial charge in [-0.3, -0.25) is 4.79 Å². The van der Waals surface area contributed by atoms with Gasteiger partial charge in [0.1, 0.15) is 0 Å². The third-order valence-corrected chi connectivity index (χ3v) is 3.33. The Kier molecular flexibility index (Phi) is 6.81. The van der Waals surface area contributed by atoms with E-state index in [0.29, 0.717) is 17.0 Å². The van der Waals surface area contributed by atoms with Crippen molar-refractivity contribution in [2.75, 3.05) is 19.0 Å². The van der Waals surface area contributed by atoms with Crippen molar-refractivity contribution < 1.29 is 19.1 Å². The van der Waals surface area contributed by atoms with Crippen LogP contribution >= 0.6 is 11.6 Å². The number of rotatable bonds is 7. The van der Waals surface area contributed by atoms with Crippen LogP contribution < -0.4 is 25.9 Å². The lowest BCUT2D eigenvalue weighted by Crippen LogP contribution is -2.24. The lowest BCUT2D eigenvalue weighted by Gasteiger charge is -2.13. The number of nitrogens with zero attached hydrogens (tertiary/aromatic N) is 1. The van der Waals surface area contributed by atoms with Crippen LogP contribution in [0.3, 0.4) is 0 Å². The molecule has 8 nitrogen and oxygen atoms in total. The molecular formula is C17H17ClN4O4. The van der Waals surface area contributed by atoms with Crippen molar-refractivity contribution in [1.29, 1.82) is 0 Å². The molecule has 0 fully saturated rings. The van der Waals surface area contributed by atoms with Crippen LogP contribution in [0.2, 0.25) is 5.02 Å². The predicted octanol–water partition coefficient (Wildman–Crippen LogP) is 2.37. The number of nitrogens with two attached hydrogens (primary N) is 1. The van der Waals surface area contributed by atoms with E-state index >= 15 is 0 Å². The van der Waals surface area contributed by atoms with Crippen molar-refractivity contribution in [3.8, 4) is 11.5 Å². The van der Waals surface area contributed by atoms with Gasteiger partial charge < -0.3 is 20.5 Å². The van der Waals surface area contributed by atoms with Gasteiger partial charge in [0, 0.05) is 5.69 Å². The van der Waals surface area contributed by atoms with Gasteiger partial charge >= 0.3 is 6.03 Å². The summed E-state index contributed by atoms with van der Waals surface area (Å²) in [5.74, 6) is 0.188. The molecule has 4 N–H and O–H groups in total. The number of primary amides is 1. The van der Waals surface area contributed by atoms with Crippen molar-refractivity contribution in [1.82, 2.24) is 5.43 Å². The summed E-state index contributed by atoms with van der Waals surface area (Å²) in [4.78, 5) is 22.6. The number of para-hydroxylation sites is 1. The quantitative estimate of drug-likeness (QED) is 0.508. The molecule has 9 heteroatoms. The monoisotopic (exact) mass is 376 g/mol. The smallest absolute Gasteiger partial charge is 0.332 e. The summed E-state index contributed by atoms with van der Waals surface area (Å²) in [7, 11) is 1.44. The molecule has 0 radical (unpaired) electrons. The Hall–Kier alpha value is -3.26. The highest BCUT2D eigenvalue weighted by molar-refractivity contribution is 6.32. The van der Waals surface area contributed by atoms with Crippen LogP contribution in [0.1, 0.15) is 5.56 Å². The molecule has 2 aromatic carbocycles. The number of carbonyl (C=O) groups is 2. The maximum atomic E-state index is 12.0. The third-order valence-electron chi connectivity index (χ3n) is 3.05. The molecular weight excluding hydrogens is 360 g/mol.